The maximum atomic E-state index is 12.1. The highest BCUT2D eigenvalue weighted by atomic mass is 79.9. The van der Waals surface area contributed by atoms with E-state index >= 15 is 0 Å². The largest absolute Gasteiger partial charge is 0.465 e. The molecular formula is C14H11BrN2O3. The molecule has 2 aromatic rings. The third kappa shape index (κ3) is 3.36. The van der Waals surface area contributed by atoms with Gasteiger partial charge >= 0.3 is 0 Å². The van der Waals surface area contributed by atoms with E-state index < -0.39 is 11.8 Å². The van der Waals surface area contributed by atoms with Gasteiger partial charge in [-0.25, -0.2) is 0 Å². The van der Waals surface area contributed by atoms with Gasteiger partial charge in [-0.3, -0.25) is 9.59 Å². The molecule has 1 aromatic heterocycles. The lowest BCUT2D eigenvalue weighted by molar-refractivity contribution is -0.114. The van der Waals surface area contributed by atoms with Crippen LogP contribution < -0.4 is 11.1 Å². The third-order valence-corrected chi connectivity index (χ3v) is 3.15. The molecule has 0 aliphatic heterocycles. The minimum atomic E-state index is -0.748. The second-order valence-corrected chi connectivity index (χ2v) is 4.73. The van der Waals surface area contributed by atoms with Crippen LogP contribution in [0.15, 0.2) is 57.2 Å². The van der Waals surface area contributed by atoms with Crippen molar-refractivity contribution in [3.63, 3.8) is 0 Å². The first-order valence-electron chi connectivity index (χ1n) is 5.69. The van der Waals surface area contributed by atoms with Gasteiger partial charge in [-0.2, -0.15) is 0 Å². The fraction of sp³-hybridized carbons (Fsp3) is 0. The molecule has 1 heterocycles. The van der Waals surface area contributed by atoms with Crippen LogP contribution in [-0.2, 0) is 4.79 Å². The minimum absolute atomic E-state index is 0.0410. The Balaban J connectivity index is 2.24. The number of hydrogen-bond acceptors (Lipinski definition) is 3. The number of rotatable bonds is 4. The summed E-state index contributed by atoms with van der Waals surface area (Å²) in [6.07, 6.45) is 2.83. The Morgan fingerprint density at radius 1 is 1.20 bits per heavy atom. The molecule has 0 atom stereocenters. The Hall–Kier alpha value is -2.34. The van der Waals surface area contributed by atoms with Crippen LogP contribution in [0, 0.1) is 0 Å². The fourth-order valence-electron chi connectivity index (χ4n) is 1.52. The molecule has 0 radical (unpaired) electrons. The van der Waals surface area contributed by atoms with Gasteiger partial charge in [0.1, 0.15) is 11.5 Å². The zero-order valence-electron chi connectivity index (χ0n) is 10.3. The third-order valence-electron chi connectivity index (χ3n) is 2.46. The smallest absolute Gasteiger partial charge is 0.265 e. The van der Waals surface area contributed by atoms with Crippen molar-refractivity contribution < 1.29 is 14.0 Å². The molecule has 0 bridgehead atoms. The average Bonchev–Trinajstić information content (AvgIpc) is 2.91. The summed E-state index contributed by atoms with van der Waals surface area (Å²) in [6.45, 7) is 0. The van der Waals surface area contributed by atoms with Crippen LogP contribution in [0.5, 0.6) is 0 Å². The number of carbonyl (C=O) groups is 2. The first kappa shape index (κ1) is 14.1. The maximum Gasteiger partial charge on any atom is 0.265 e. The SMILES string of the molecule is NC(=O)C(=Cc1ccco1)NC(=O)c1ccccc1Br. The molecule has 1 aromatic carbocycles. The van der Waals surface area contributed by atoms with E-state index in [1.165, 1.54) is 12.3 Å². The summed E-state index contributed by atoms with van der Waals surface area (Å²) in [5.41, 5.74) is 5.60. The zero-order valence-corrected chi connectivity index (χ0v) is 11.9. The Labute approximate surface area is 123 Å². The molecule has 0 spiro atoms. The summed E-state index contributed by atoms with van der Waals surface area (Å²) in [5, 5.41) is 2.47. The molecular weight excluding hydrogens is 324 g/mol. The van der Waals surface area contributed by atoms with Crippen molar-refractivity contribution in [2.24, 2.45) is 5.73 Å². The summed E-state index contributed by atoms with van der Waals surface area (Å²) >= 11 is 3.27. The Morgan fingerprint density at radius 3 is 2.55 bits per heavy atom. The standard InChI is InChI=1S/C14H11BrN2O3/c15-11-6-2-1-5-10(11)14(19)17-12(13(16)18)8-9-4-3-7-20-9/h1-8H,(H2,16,18)(H,17,19). The fourth-order valence-corrected chi connectivity index (χ4v) is 1.98. The summed E-state index contributed by atoms with van der Waals surface area (Å²) in [6, 6.07) is 10.2. The maximum absolute atomic E-state index is 12.1. The summed E-state index contributed by atoms with van der Waals surface area (Å²) < 4.78 is 5.70. The highest BCUT2D eigenvalue weighted by Crippen LogP contribution is 2.16. The van der Waals surface area contributed by atoms with Crippen molar-refractivity contribution >= 4 is 33.8 Å². The van der Waals surface area contributed by atoms with Gasteiger partial charge in [0.2, 0.25) is 0 Å². The van der Waals surface area contributed by atoms with Crippen LogP contribution in [0.4, 0.5) is 0 Å². The van der Waals surface area contributed by atoms with Gasteiger partial charge < -0.3 is 15.5 Å². The zero-order chi connectivity index (χ0) is 14.5. The lowest BCUT2D eigenvalue weighted by Gasteiger charge is -2.07. The highest BCUT2D eigenvalue weighted by molar-refractivity contribution is 9.10. The van der Waals surface area contributed by atoms with Gasteiger partial charge in [-0.1, -0.05) is 12.1 Å². The topological polar surface area (TPSA) is 85.3 Å². The molecule has 5 nitrogen and oxygen atoms in total. The Kier molecular flexibility index (Phi) is 4.37. The van der Waals surface area contributed by atoms with E-state index in [1.54, 1.807) is 36.4 Å². The van der Waals surface area contributed by atoms with Crippen molar-refractivity contribution in [3.05, 3.63) is 64.2 Å². The number of halogens is 1. The molecule has 6 heteroatoms. The second kappa shape index (κ2) is 6.21. The number of benzene rings is 1. The number of nitrogens with one attached hydrogen (secondary N) is 1. The van der Waals surface area contributed by atoms with Crippen LogP contribution in [0.25, 0.3) is 6.08 Å². The van der Waals surface area contributed by atoms with Gasteiger partial charge in [-0.15, -0.1) is 0 Å². The molecule has 20 heavy (non-hydrogen) atoms. The van der Waals surface area contributed by atoms with E-state index in [0.29, 0.717) is 15.8 Å². The Morgan fingerprint density at radius 2 is 1.95 bits per heavy atom. The lowest BCUT2D eigenvalue weighted by Crippen LogP contribution is -2.31. The normalized spacial score (nSPS) is 11.2. The molecule has 0 saturated heterocycles. The van der Waals surface area contributed by atoms with Crippen molar-refractivity contribution in [1.82, 2.24) is 5.32 Å². The number of primary amides is 1. The molecule has 0 aliphatic carbocycles. The summed E-state index contributed by atoms with van der Waals surface area (Å²) in [5.74, 6) is -0.762. The number of nitrogens with two attached hydrogens (primary N) is 1. The van der Waals surface area contributed by atoms with Gasteiger partial charge in [0.25, 0.3) is 11.8 Å². The van der Waals surface area contributed by atoms with Gasteiger partial charge in [0.15, 0.2) is 0 Å². The minimum Gasteiger partial charge on any atom is -0.465 e. The van der Waals surface area contributed by atoms with Crippen LogP contribution in [0.1, 0.15) is 16.1 Å². The molecule has 2 amide bonds. The van der Waals surface area contributed by atoms with Crippen molar-refractivity contribution in [1.29, 1.82) is 0 Å². The summed E-state index contributed by atoms with van der Waals surface area (Å²) in [4.78, 5) is 23.5. The van der Waals surface area contributed by atoms with E-state index in [9.17, 15) is 9.59 Å². The van der Waals surface area contributed by atoms with E-state index in [4.69, 9.17) is 10.2 Å². The lowest BCUT2D eigenvalue weighted by atomic mass is 10.2. The predicted molar refractivity (Wildman–Crippen MR) is 77.5 cm³/mol. The first-order chi connectivity index (χ1) is 9.58. The molecule has 2 rings (SSSR count). The van der Waals surface area contributed by atoms with E-state index in [0.717, 1.165) is 0 Å². The summed E-state index contributed by atoms with van der Waals surface area (Å²) in [7, 11) is 0. The molecule has 3 N–H and O–H groups in total. The van der Waals surface area contributed by atoms with Crippen molar-refractivity contribution in [2.75, 3.05) is 0 Å². The predicted octanol–water partition coefficient (Wildman–Crippen LogP) is 2.30. The van der Waals surface area contributed by atoms with E-state index in [-0.39, 0.29) is 5.70 Å². The monoisotopic (exact) mass is 334 g/mol. The van der Waals surface area contributed by atoms with Crippen LogP contribution in [0.2, 0.25) is 0 Å². The number of furan rings is 1. The highest BCUT2D eigenvalue weighted by Gasteiger charge is 2.14. The molecule has 0 aliphatic rings. The first-order valence-corrected chi connectivity index (χ1v) is 6.48. The van der Waals surface area contributed by atoms with Crippen molar-refractivity contribution in [3.8, 4) is 0 Å². The molecule has 0 fully saturated rings. The average molecular weight is 335 g/mol. The van der Waals surface area contributed by atoms with Crippen LogP contribution in [-0.4, -0.2) is 11.8 Å². The second-order valence-electron chi connectivity index (χ2n) is 3.87. The number of amides is 2. The van der Waals surface area contributed by atoms with Gasteiger partial charge in [0, 0.05) is 10.5 Å². The van der Waals surface area contributed by atoms with Crippen LogP contribution in [0.3, 0.4) is 0 Å². The molecule has 0 unspecified atom stereocenters. The number of carbonyl (C=O) groups excluding carboxylic acids is 2. The number of hydrogen-bond donors (Lipinski definition) is 2. The van der Waals surface area contributed by atoms with Gasteiger partial charge in [0.05, 0.1) is 11.8 Å². The quantitative estimate of drug-likeness (QED) is 0.841. The Bertz CT molecular complexity index is 663. The molecule has 0 saturated carbocycles. The van der Waals surface area contributed by atoms with E-state index in [1.807, 2.05) is 0 Å². The van der Waals surface area contributed by atoms with E-state index in [2.05, 4.69) is 21.2 Å². The van der Waals surface area contributed by atoms with Gasteiger partial charge in [-0.05, 0) is 40.2 Å². The molecule has 102 valence electrons. The van der Waals surface area contributed by atoms with Crippen LogP contribution >= 0.6 is 15.9 Å². The van der Waals surface area contributed by atoms with Crippen molar-refractivity contribution in [2.45, 2.75) is 0 Å².